The van der Waals surface area contributed by atoms with Gasteiger partial charge in [0.25, 0.3) is 5.91 Å². The van der Waals surface area contributed by atoms with Crippen LogP contribution in [0.25, 0.3) is 0 Å². The third-order valence-electron chi connectivity index (χ3n) is 3.89. The predicted octanol–water partition coefficient (Wildman–Crippen LogP) is 4.89. The van der Waals surface area contributed by atoms with Gasteiger partial charge < -0.3 is 30.2 Å². The van der Waals surface area contributed by atoms with Gasteiger partial charge in [0.05, 0.1) is 21.3 Å². The first-order valence-electron chi connectivity index (χ1n) is 8.59. The molecule has 0 aliphatic carbocycles. The molecule has 0 spiro atoms. The van der Waals surface area contributed by atoms with Crippen molar-refractivity contribution in [1.29, 1.82) is 0 Å². The van der Waals surface area contributed by atoms with E-state index in [2.05, 4.69) is 31.9 Å². The number of thiocarbonyl (C=S) groups is 1. The van der Waals surface area contributed by atoms with E-state index < -0.39 is 15.9 Å². The zero-order valence-corrected chi connectivity index (χ0v) is 21.3. The van der Waals surface area contributed by atoms with Crippen LogP contribution in [-0.4, -0.2) is 42.3 Å². The Kier molecular flexibility index (Phi) is 9.32. The normalized spacial score (nSPS) is 11.8. The van der Waals surface area contributed by atoms with E-state index in [1.807, 2.05) is 18.2 Å². The van der Waals surface area contributed by atoms with E-state index in [-0.39, 0.29) is 10.7 Å². The number of hydrogen-bond donors (Lipinski definition) is 3. The number of carbonyl (C=O) groups is 1. The molecule has 0 aliphatic rings. The number of methoxy groups -OCH3 is 3. The second-order valence-electron chi connectivity index (χ2n) is 5.97. The summed E-state index contributed by atoms with van der Waals surface area (Å²) < 4.78 is 14.7. The molecule has 1 amide bonds. The lowest BCUT2D eigenvalue weighted by Crippen LogP contribution is -2.56. The number of alkyl halides is 3. The van der Waals surface area contributed by atoms with Gasteiger partial charge in [-0.3, -0.25) is 4.79 Å². The standard InChI is InChI=1S/C19H19BrCl3N3O4S/c1-28-13-7-10(8-14(29-2)15(13)30-3)16(27)25-17(19(21,22)23)26-18(31)24-12-6-4-5-11(20)9-12/h4-9,17H,1-3H3,(H,25,27)(H2,24,26,31). The van der Waals surface area contributed by atoms with E-state index >= 15 is 0 Å². The van der Waals surface area contributed by atoms with Gasteiger partial charge in [-0.15, -0.1) is 0 Å². The Morgan fingerprint density at radius 3 is 2.13 bits per heavy atom. The van der Waals surface area contributed by atoms with Gasteiger partial charge in [-0.2, -0.15) is 0 Å². The first-order valence-corrected chi connectivity index (χ1v) is 10.9. The number of rotatable bonds is 7. The lowest BCUT2D eigenvalue weighted by Gasteiger charge is -2.28. The summed E-state index contributed by atoms with van der Waals surface area (Å²) in [5.41, 5.74) is 0.896. The highest BCUT2D eigenvalue weighted by Gasteiger charge is 2.35. The minimum absolute atomic E-state index is 0.139. The lowest BCUT2D eigenvalue weighted by molar-refractivity contribution is 0.0933. The van der Waals surface area contributed by atoms with Crippen LogP contribution in [0.3, 0.4) is 0 Å². The number of hydrogen-bond acceptors (Lipinski definition) is 5. The van der Waals surface area contributed by atoms with E-state index in [1.165, 1.54) is 33.5 Å². The third kappa shape index (κ3) is 7.18. The van der Waals surface area contributed by atoms with Crippen molar-refractivity contribution in [3.63, 3.8) is 0 Å². The molecule has 0 bridgehead atoms. The van der Waals surface area contributed by atoms with Gasteiger partial charge in [0.15, 0.2) is 16.6 Å². The number of anilines is 1. The summed E-state index contributed by atoms with van der Waals surface area (Å²) in [5.74, 6) is 0.389. The quantitative estimate of drug-likeness (QED) is 0.248. The molecule has 12 heteroatoms. The Morgan fingerprint density at radius 2 is 1.65 bits per heavy atom. The number of ether oxygens (including phenoxy) is 3. The monoisotopic (exact) mass is 569 g/mol. The van der Waals surface area contributed by atoms with Gasteiger partial charge in [0.1, 0.15) is 6.17 Å². The number of carbonyl (C=O) groups excluding carboxylic acids is 1. The second-order valence-corrected chi connectivity index (χ2v) is 9.66. The summed E-state index contributed by atoms with van der Waals surface area (Å²) in [7, 11) is 4.34. The fraction of sp³-hybridized carbons (Fsp3) is 0.263. The topological polar surface area (TPSA) is 80.9 Å². The molecule has 1 unspecified atom stereocenters. The fourth-order valence-corrected chi connectivity index (χ4v) is 3.45. The first-order chi connectivity index (χ1) is 14.6. The van der Waals surface area contributed by atoms with Crippen LogP contribution >= 0.6 is 63.0 Å². The highest BCUT2D eigenvalue weighted by molar-refractivity contribution is 9.10. The summed E-state index contributed by atoms with van der Waals surface area (Å²) in [6.07, 6.45) is -1.16. The molecule has 0 aliphatic heterocycles. The summed E-state index contributed by atoms with van der Waals surface area (Å²) >= 11 is 26.8. The number of benzene rings is 2. The van der Waals surface area contributed by atoms with Crippen LogP contribution < -0.4 is 30.2 Å². The average molecular weight is 572 g/mol. The van der Waals surface area contributed by atoms with E-state index in [0.717, 1.165) is 4.47 Å². The number of nitrogens with one attached hydrogen (secondary N) is 3. The maximum absolute atomic E-state index is 12.9. The molecule has 0 heterocycles. The molecular weight excluding hydrogens is 553 g/mol. The maximum Gasteiger partial charge on any atom is 0.253 e. The van der Waals surface area contributed by atoms with Crippen molar-refractivity contribution in [2.45, 2.75) is 9.96 Å². The molecule has 31 heavy (non-hydrogen) atoms. The average Bonchev–Trinajstić information content (AvgIpc) is 2.71. The molecule has 168 valence electrons. The van der Waals surface area contributed by atoms with Crippen molar-refractivity contribution >= 4 is 79.7 Å². The van der Waals surface area contributed by atoms with Crippen molar-refractivity contribution in [3.05, 3.63) is 46.4 Å². The zero-order chi connectivity index (χ0) is 23.2. The minimum atomic E-state index is -1.92. The summed E-state index contributed by atoms with van der Waals surface area (Å²) in [6.45, 7) is 0. The van der Waals surface area contributed by atoms with Crippen LogP contribution in [0.5, 0.6) is 17.2 Å². The van der Waals surface area contributed by atoms with Crippen molar-refractivity contribution < 1.29 is 19.0 Å². The molecule has 0 saturated heterocycles. The fourth-order valence-electron chi connectivity index (χ4n) is 2.49. The summed E-state index contributed by atoms with van der Waals surface area (Å²) in [6, 6.07) is 10.3. The van der Waals surface area contributed by atoms with Crippen molar-refractivity contribution in [1.82, 2.24) is 10.6 Å². The van der Waals surface area contributed by atoms with Crippen LogP contribution in [0.15, 0.2) is 40.9 Å². The van der Waals surface area contributed by atoms with E-state index in [9.17, 15) is 4.79 Å². The van der Waals surface area contributed by atoms with Crippen LogP contribution in [0, 0.1) is 0 Å². The van der Waals surface area contributed by atoms with Gasteiger partial charge in [-0.1, -0.05) is 56.8 Å². The van der Waals surface area contributed by atoms with Crippen molar-refractivity contribution in [2.24, 2.45) is 0 Å². The van der Waals surface area contributed by atoms with Gasteiger partial charge in [-0.05, 0) is 42.5 Å². The van der Waals surface area contributed by atoms with Crippen molar-refractivity contribution in [3.8, 4) is 17.2 Å². The summed E-state index contributed by atoms with van der Waals surface area (Å²) in [4.78, 5) is 12.9. The highest BCUT2D eigenvalue weighted by Crippen LogP contribution is 2.38. The van der Waals surface area contributed by atoms with E-state index in [4.69, 9.17) is 61.2 Å². The molecule has 2 aromatic carbocycles. The van der Waals surface area contributed by atoms with Gasteiger partial charge in [-0.25, -0.2) is 0 Å². The van der Waals surface area contributed by atoms with Gasteiger partial charge in [0.2, 0.25) is 9.54 Å². The van der Waals surface area contributed by atoms with E-state index in [1.54, 1.807) is 6.07 Å². The van der Waals surface area contributed by atoms with Crippen LogP contribution in [0.4, 0.5) is 5.69 Å². The summed E-state index contributed by atoms with van der Waals surface area (Å²) in [5, 5.41) is 8.50. The Hall–Kier alpha value is -1.65. The molecule has 0 aromatic heterocycles. The molecule has 0 saturated carbocycles. The highest BCUT2D eigenvalue weighted by atomic mass is 79.9. The molecule has 1 atom stereocenters. The Bertz CT molecular complexity index is 934. The Labute approximate surface area is 208 Å². The first kappa shape index (κ1) is 25.6. The maximum atomic E-state index is 12.9. The molecule has 7 nitrogen and oxygen atoms in total. The van der Waals surface area contributed by atoms with Crippen molar-refractivity contribution in [2.75, 3.05) is 26.6 Å². The van der Waals surface area contributed by atoms with Gasteiger partial charge >= 0.3 is 0 Å². The van der Waals surface area contributed by atoms with E-state index in [0.29, 0.717) is 22.9 Å². The zero-order valence-electron chi connectivity index (χ0n) is 16.6. The molecule has 0 fully saturated rings. The SMILES string of the molecule is COc1cc(C(=O)NC(NC(=S)Nc2cccc(Br)c2)C(Cl)(Cl)Cl)cc(OC)c1OC. The Morgan fingerprint density at radius 1 is 1.03 bits per heavy atom. The molecule has 0 radical (unpaired) electrons. The van der Waals surface area contributed by atoms with Crippen LogP contribution in [0.2, 0.25) is 0 Å². The third-order valence-corrected chi connectivity index (χ3v) is 5.26. The molecule has 3 N–H and O–H groups in total. The Balaban J connectivity index is 2.21. The van der Waals surface area contributed by atoms with Gasteiger partial charge in [0, 0.05) is 15.7 Å². The molecule has 2 aromatic rings. The molecule has 2 rings (SSSR count). The number of amides is 1. The second kappa shape index (κ2) is 11.3. The largest absolute Gasteiger partial charge is 0.493 e. The molecular formula is C19H19BrCl3N3O4S. The lowest BCUT2D eigenvalue weighted by atomic mass is 10.1. The van der Waals surface area contributed by atoms with Crippen LogP contribution in [0.1, 0.15) is 10.4 Å². The predicted molar refractivity (Wildman–Crippen MR) is 131 cm³/mol. The minimum Gasteiger partial charge on any atom is -0.493 e. The smallest absolute Gasteiger partial charge is 0.253 e. The number of halogens is 4. The van der Waals surface area contributed by atoms with Crippen LogP contribution in [-0.2, 0) is 0 Å².